The van der Waals surface area contributed by atoms with Crippen molar-refractivity contribution in [2.24, 2.45) is 5.92 Å². The first-order chi connectivity index (χ1) is 11.6. The van der Waals surface area contributed by atoms with E-state index in [0.717, 1.165) is 22.7 Å². The Morgan fingerprint density at radius 3 is 2.33 bits per heavy atom. The zero-order chi connectivity index (χ0) is 17.6. The van der Waals surface area contributed by atoms with Gasteiger partial charge in [-0.1, -0.05) is 60.1 Å². The summed E-state index contributed by atoms with van der Waals surface area (Å²) < 4.78 is 0. The molecule has 3 N–H and O–H groups in total. The Bertz CT molecular complexity index is 677. The quantitative estimate of drug-likeness (QED) is 0.777. The van der Waals surface area contributed by atoms with Crippen molar-refractivity contribution in [1.82, 2.24) is 5.32 Å². The van der Waals surface area contributed by atoms with E-state index in [9.17, 15) is 4.79 Å². The van der Waals surface area contributed by atoms with Gasteiger partial charge in [0, 0.05) is 24.1 Å². The fraction of sp³-hybridized carbons (Fsp3) is 0.316. The zero-order valence-electron chi connectivity index (χ0n) is 13.6. The van der Waals surface area contributed by atoms with Gasteiger partial charge in [-0.05, 0) is 30.7 Å². The van der Waals surface area contributed by atoms with Gasteiger partial charge in [-0.25, -0.2) is 0 Å². The van der Waals surface area contributed by atoms with Crippen LogP contribution in [0.1, 0.15) is 17.5 Å². The average molecular weight is 348 g/mol. The largest absolute Gasteiger partial charge is 0.481 e. The minimum atomic E-state index is -0.831. The maximum atomic E-state index is 11.1. The van der Waals surface area contributed by atoms with Gasteiger partial charge in [0.15, 0.2) is 0 Å². The Kier molecular flexibility index (Phi) is 6.37. The highest BCUT2D eigenvalue weighted by Gasteiger charge is 2.61. The van der Waals surface area contributed by atoms with Crippen LogP contribution in [0.4, 0.5) is 0 Å². The lowest BCUT2D eigenvalue weighted by Crippen LogP contribution is -2.23. The number of rotatable bonds is 5. The van der Waals surface area contributed by atoms with Crippen molar-refractivity contribution in [3.8, 4) is 0 Å². The molecular formula is C19H22ClNO3. The van der Waals surface area contributed by atoms with E-state index in [1.165, 1.54) is 0 Å². The molecule has 0 saturated heterocycles. The van der Waals surface area contributed by atoms with Crippen LogP contribution in [0, 0.1) is 5.92 Å². The van der Waals surface area contributed by atoms with Crippen molar-refractivity contribution in [2.45, 2.75) is 18.4 Å². The van der Waals surface area contributed by atoms with E-state index in [-0.39, 0.29) is 12.5 Å². The Morgan fingerprint density at radius 1 is 1.21 bits per heavy atom. The maximum absolute atomic E-state index is 11.1. The summed E-state index contributed by atoms with van der Waals surface area (Å²) in [4.78, 5) is 11.1. The Labute approximate surface area is 147 Å². The number of hydrogen-bond acceptors (Lipinski definition) is 3. The van der Waals surface area contributed by atoms with E-state index >= 15 is 0 Å². The monoisotopic (exact) mass is 347 g/mol. The van der Waals surface area contributed by atoms with E-state index in [4.69, 9.17) is 21.8 Å². The molecule has 0 aliphatic heterocycles. The second kappa shape index (κ2) is 8.29. The number of aliphatic hydroxyl groups excluding tert-OH is 1. The molecule has 4 nitrogen and oxygen atoms in total. The maximum Gasteiger partial charge on any atom is 0.314 e. The molecule has 0 spiro atoms. The van der Waals surface area contributed by atoms with Gasteiger partial charge in [0.05, 0.1) is 5.41 Å². The Hall–Kier alpha value is -1.88. The zero-order valence-corrected chi connectivity index (χ0v) is 14.3. The number of aliphatic hydroxyl groups is 1. The number of carboxylic acid groups (broad SMARTS) is 1. The fourth-order valence-electron chi connectivity index (χ4n) is 2.86. The van der Waals surface area contributed by atoms with Crippen molar-refractivity contribution in [2.75, 3.05) is 13.7 Å². The molecule has 0 bridgehead atoms. The number of aliphatic carboxylic acids is 1. The molecule has 0 amide bonds. The molecule has 0 aromatic heterocycles. The van der Waals surface area contributed by atoms with Crippen LogP contribution in [0.5, 0.6) is 0 Å². The minimum Gasteiger partial charge on any atom is -0.481 e. The van der Waals surface area contributed by atoms with Crippen LogP contribution in [0.2, 0.25) is 5.02 Å². The number of nitrogens with one attached hydrogen (secondary N) is 1. The number of benzene rings is 2. The number of halogens is 1. The van der Waals surface area contributed by atoms with Crippen molar-refractivity contribution in [3.63, 3.8) is 0 Å². The Morgan fingerprint density at radius 2 is 1.83 bits per heavy atom. The molecule has 2 atom stereocenters. The predicted molar refractivity (Wildman–Crippen MR) is 95.2 cm³/mol. The molecule has 0 radical (unpaired) electrons. The number of carboxylic acids is 1. The highest BCUT2D eigenvalue weighted by atomic mass is 35.5. The molecule has 128 valence electrons. The predicted octanol–water partition coefficient (Wildman–Crippen LogP) is 3.08. The summed E-state index contributed by atoms with van der Waals surface area (Å²) in [5, 5.41) is 22.0. The summed E-state index contributed by atoms with van der Waals surface area (Å²) in [6, 6.07) is 17.0. The van der Waals surface area contributed by atoms with Crippen molar-refractivity contribution >= 4 is 17.6 Å². The van der Waals surface area contributed by atoms with E-state index in [0.29, 0.717) is 6.42 Å². The minimum absolute atomic E-state index is 0.0544. The summed E-state index contributed by atoms with van der Waals surface area (Å²) in [6.45, 7) is 0.779. The fourth-order valence-corrected chi connectivity index (χ4v) is 3.06. The van der Waals surface area contributed by atoms with Gasteiger partial charge < -0.3 is 15.5 Å². The average Bonchev–Trinajstić information content (AvgIpc) is 3.35. The smallest absolute Gasteiger partial charge is 0.314 e. The van der Waals surface area contributed by atoms with Crippen LogP contribution in [-0.4, -0.2) is 29.8 Å². The van der Waals surface area contributed by atoms with E-state index in [2.05, 4.69) is 5.32 Å². The van der Waals surface area contributed by atoms with Gasteiger partial charge in [0.2, 0.25) is 0 Å². The number of hydrogen-bond donors (Lipinski definition) is 3. The number of carbonyl (C=O) groups is 1. The summed E-state index contributed by atoms with van der Waals surface area (Å²) in [5.74, 6) is -0.954. The van der Waals surface area contributed by atoms with Crippen LogP contribution < -0.4 is 5.32 Å². The Balaban J connectivity index is 0.000000185. The highest BCUT2D eigenvalue weighted by molar-refractivity contribution is 6.31. The normalized spacial score (nSPS) is 21.5. The molecule has 2 aromatic rings. The van der Waals surface area contributed by atoms with Crippen LogP contribution in [0.15, 0.2) is 54.6 Å². The molecule has 1 aliphatic rings. The standard InChI is InChI=1S/C11H12O3.C8H10ClN/c12-7-9-6-11(9,10(13)14)8-4-2-1-3-5-8;1-10-6-7-4-2-3-5-8(7)9/h1-5,9,12H,6-7H2,(H,13,14);2-5,10H,6H2,1H3/t9-,11+;/m0./s1. The van der Waals surface area contributed by atoms with Crippen molar-refractivity contribution < 1.29 is 15.0 Å². The molecule has 1 saturated carbocycles. The van der Waals surface area contributed by atoms with Crippen molar-refractivity contribution in [3.05, 3.63) is 70.7 Å². The van der Waals surface area contributed by atoms with Gasteiger partial charge in [-0.2, -0.15) is 0 Å². The molecule has 2 aromatic carbocycles. The molecule has 3 rings (SSSR count). The first kappa shape index (κ1) is 18.5. The lowest BCUT2D eigenvalue weighted by molar-refractivity contribution is -0.140. The molecule has 1 fully saturated rings. The van der Waals surface area contributed by atoms with Crippen LogP contribution in [0.3, 0.4) is 0 Å². The first-order valence-corrected chi connectivity index (χ1v) is 8.21. The molecular weight excluding hydrogens is 326 g/mol. The second-order valence-corrected chi connectivity index (χ2v) is 6.26. The third-order valence-corrected chi connectivity index (χ3v) is 4.69. The molecule has 0 unspecified atom stereocenters. The molecule has 0 heterocycles. The second-order valence-electron chi connectivity index (χ2n) is 5.85. The van der Waals surface area contributed by atoms with Crippen LogP contribution >= 0.6 is 11.6 Å². The topological polar surface area (TPSA) is 69.6 Å². The molecule has 5 heteroatoms. The SMILES string of the molecule is CNCc1ccccc1Cl.O=C(O)[C@@]1(c2ccccc2)C[C@H]1CO. The van der Waals surface area contributed by atoms with Crippen LogP contribution in [-0.2, 0) is 16.8 Å². The van der Waals surface area contributed by atoms with Gasteiger partial charge >= 0.3 is 5.97 Å². The summed E-state index contributed by atoms with van der Waals surface area (Å²) >= 11 is 5.86. The summed E-state index contributed by atoms with van der Waals surface area (Å²) in [7, 11) is 1.91. The van der Waals surface area contributed by atoms with Crippen molar-refractivity contribution in [1.29, 1.82) is 0 Å². The third kappa shape index (κ3) is 3.96. The van der Waals surface area contributed by atoms with Gasteiger partial charge in [-0.15, -0.1) is 0 Å². The summed E-state index contributed by atoms with van der Waals surface area (Å²) in [5.41, 5.74) is 1.12. The first-order valence-electron chi connectivity index (χ1n) is 7.84. The third-order valence-electron chi connectivity index (χ3n) is 4.32. The van der Waals surface area contributed by atoms with Gasteiger partial charge in [0.1, 0.15) is 0 Å². The van der Waals surface area contributed by atoms with E-state index in [1.807, 2.05) is 61.6 Å². The molecule has 1 aliphatic carbocycles. The van der Waals surface area contributed by atoms with Gasteiger partial charge in [-0.3, -0.25) is 4.79 Å². The summed E-state index contributed by atoms with van der Waals surface area (Å²) in [6.07, 6.45) is 0.544. The highest BCUT2D eigenvalue weighted by Crippen LogP contribution is 2.54. The van der Waals surface area contributed by atoms with E-state index in [1.54, 1.807) is 0 Å². The lowest BCUT2D eigenvalue weighted by Gasteiger charge is -2.11. The lowest BCUT2D eigenvalue weighted by atomic mass is 9.93. The van der Waals surface area contributed by atoms with Crippen LogP contribution in [0.25, 0.3) is 0 Å². The molecule has 24 heavy (non-hydrogen) atoms. The van der Waals surface area contributed by atoms with E-state index < -0.39 is 11.4 Å². The van der Waals surface area contributed by atoms with Gasteiger partial charge in [0.25, 0.3) is 0 Å².